The van der Waals surface area contributed by atoms with E-state index in [1.54, 1.807) is 0 Å². The highest BCUT2D eigenvalue weighted by Gasteiger charge is 2.46. The average molecular weight is 471 g/mol. The Morgan fingerprint density at radius 3 is 2.18 bits per heavy atom. The molecule has 3 unspecified atom stereocenters. The third-order valence-corrected chi connectivity index (χ3v) is 10.7. The third kappa shape index (κ3) is 4.55. The summed E-state index contributed by atoms with van der Waals surface area (Å²) in [5.74, 6) is 4.12. The van der Waals surface area contributed by atoms with Crippen LogP contribution in [0.15, 0.2) is 12.3 Å². The second kappa shape index (κ2) is 9.40. The van der Waals surface area contributed by atoms with Crippen LogP contribution in [0, 0.1) is 29.6 Å². The molecule has 190 valence electrons. The Hall–Kier alpha value is -1.11. The van der Waals surface area contributed by atoms with Crippen molar-refractivity contribution in [2.24, 2.45) is 29.6 Å². The zero-order valence-electron chi connectivity index (χ0n) is 21.1. The van der Waals surface area contributed by atoms with Crippen LogP contribution in [0.1, 0.15) is 77.0 Å². The largest absolute Gasteiger partial charge is 0.384 e. The van der Waals surface area contributed by atoms with Gasteiger partial charge < -0.3 is 14.9 Å². The Kier molecular flexibility index (Phi) is 6.44. The Morgan fingerprint density at radius 1 is 0.882 bits per heavy atom. The van der Waals surface area contributed by atoms with Gasteiger partial charge in [-0.1, -0.05) is 13.0 Å². The summed E-state index contributed by atoms with van der Waals surface area (Å²) < 4.78 is 0. The number of nitrogens with zero attached hydrogens (tertiary/aromatic N) is 3. The van der Waals surface area contributed by atoms with Crippen molar-refractivity contribution in [2.45, 2.75) is 88.7 Å². The summed E-state index contributed by atoms with van der Waals surface area (Å²) in [5.41, 5.74) is 3.99. The molecule has 2 saturated heterocycles. The van der Waals surface area contributed by atoms with Gasteiger partial charge in [0.05, 0.1) is 0 Å². The second-order valence-electron chi connectivity index (χ2n) is 12.6. The number of carbonyl (C=O) groups excluding carboxylic acids is 1. The zero-order valence-corrected chi connectivity index (χ0v) is 21.1. The molecule has 2 N–H and O–H groups in total. The molecule has 3 atom stereocenters. The van der Waals surface area contributed by atoms with Gasteiger partial charge >= 0.3 is 0 Å². The molecule has 1 amide bonds. The second-order valence-corrected chi connectivity index (χ2v) is 12.6. The van der Waals surface area contributed by atoms with Gasteiger partial charge in [-0.25, -0.2) is 5.01 Å². The SMILES string of the molecule is C=C(N1CCN(C(=O)C2CCC(C3CCC4CNN(CC5CCC5)C4C3)CC2)CC1)C1(O)CC1. The molecule has 0 aromatic heterocycles. The van der Waals surface area contributed by atoms with Crippen LogP contribution in [0.25, 0.3) is 0 Å². The van der Waals surface area contributed by atoms with Gasteiger partial charge in [0, 0.05) is 56.9 Å². The summed E-state index contributed by atoms with van der Waals surface area (Å²) in [4.78, 5) is 17.6. The molecule has 0 spiro atoms. The van der Waals surface area contributed by atoms with Crippen LogP contribution in [0.5, 0.6) is 0 Å². The van der Waals surface area contributed by atoms with Gasteiger partial charge in [0.15, 0.2) is 0 Å². The number of rotatable bonds is 6. The van der Waals surface area contributed by atoms with Gasteiger partial charge in [-0.15, -0.1) is 0 Å². The molecule has 0 radical (unpaired) electrons. The zero-order chi connectivity index (χ0) is 23.3. The first-order valence-corrected chi connectivity index (χ1v) is 14.5. The van der Waals surface area contributed by atoms with Gasteiger partial charge in [-0.05, 0) is 94.3 Å². The number of hydrogen-bond donors (Lipinski definition) is 2. The van der Waals surface area contributed by atoms with Crippen molar-refractivity contribution < 1.29 is 9.90 Å². The first kappa shape index (κ1) is 23.3. The summed E-state index contributed by atoms with van der Waals surface area (Å²) in [5, 5.41) is 13.0. The number of nitrogens with one attached hydrogen (secondary N) is 1. The third-order valence-electron chi connectivity index (χ3n) is 10.7. The van der Waals surface area contributed by atoms with Crippen LogP contribution in [0.4, 0.5) is 0 Å². The van der Waals surface area contributed by atoms with E-state index in [1.807, 2.05) is 0 Å². The summed E-state index contributed by atoms with van der Waals surface area (Å²) in [7, 11) is 0. The predicted octanol–water partition coefficient (Wildman–Crippen LogP) is 3.38. The van der Waals surface area contributed by atoms with Crippen LogP contribution >= 0.6 is 0 Å². The molecule has 4 saturated carbocycles. The number of hydrazine groups is 1. The molecule has 6 rings (SSSR count). The number of hydrogen-bond acceptors (Lipinski definition) is 5. The first-order chi connectivity index (χ1) is 16.5. The van der Waals surface area contributed by atoms with Crippen LogP contribution in [-0.2, 0) is 4.79 Å². The van der Waals surface area contributed by atoms with Gasteiger partial charge in [-0.3, -0.25) is 10.2 Å². The quantitative estimate of drug-likeness (QED) is 0.623. The lowest BCUT2D eigenvalue weighted by Crippen LogP contribution is -2.51. The van der Waals surface area contributed by atoms with Crippen molar-refractivity contribution in [3.63, 3.8) is 0 Å². The minimum absolute atomic E-state index is 0.234. The van der Waals surface area contributed by atoms with Gasteiger partial charge in [0.25, 0.3) is 0 Å². The molecule has 6 nitrogen and oxygen atoms in total. The highest BCUT2D eigenvalue weighted by molar-refractivity contribution is 5.79. The first-order valence-electron chi connectivity index (χ1n) is 14.5. The van der Waals surface area contributed by atoms with E-state index in [0.29, 0.717) is 5.91 Å². The van der Waals surface area contributed by atoms with Crippen molar-refractivity contribution in [2.75, 3.05) is 39.3 Å². The minimum Gasteiger partial charge on any atom is -0.384 e. The molecule has 0 bridgehead atoms. The highest BCUT2D eigenvalue weighted by atomic mass is 16.3. The molecule has 6 heteroatoms. The summed E-state index contributed by atoms with van der Waals surface area (Å²) in [6.07, 6.45) is 14.8. The molecule has 34 heavy (non-hydrogen) atoms. The molecule has 2 aliphatic heterocycles. The van der Waals surface area contributed by atoms with Gasteiger partial charge in [0.1, 0.15) is 5.60 Å². The van der Waals surface area contributed by atoms with Crippen LogP contribution < -0.4 is 5.43 Å². The Bertz CT molecular complexity index is 762. The Labute approximate surface area is 206 Å². The molecule has 2 heterocycles. The molecule has 4 aliphatic carbocycles. The summed E-state index contributed by atoms with van der Waals surface area (Å²) in [6.45, 7) is 9.81. The van der Waals surface area contributed by atoms with E-state index in [-0.39, 0.29) is 5.92 Å². The maximum absolute atomic E-state index is 13.3. The highest BCUT2D eigenvalue weighted by Crippen LogP contribution is 2.45. The van der Waals surface area contributed by atoms with Gasteiger partial charge in [0.2, 0.25) is 5.91 Å². The maximum Gasteiger partial charge on any atom is 0.225 e. The fourth-order valence-electron chi connectivity index (χ4n) is 7.79. The van der Waals surface area contributed by atoms with E-state index in [2.05, 4.69) is 26.8 Å². The molecule has 0 aromatic rings. The van der Waals surface area contributed by atoms with Crippen molar-refractivity contribution in [3.8, 4) is 0 Å². The summed E-state index contributed by atoms with van der Waals surface area (Å²) >= 11 is 0. The lowest BCUT2D eigenvalue weighted by molar-refractivity contribution is -0.138. The smallest absolute Gasteiger partial charge is 0.225 e. The van der Waals surface area contributed by atoms with Crippen molar-refractivity contribution in [1.29, 1.82) is 0 Å². The number of fused-ring (bicyclic) bond motifs is 1. The average Bonchev–Trinajstić information content (AvgIpc) is 3.48. The molecule has 0 aromatic carbocycles. The van der Waals surface area contributed by atoms with Crippen molar-refractivity contribution in [3.05, 3.63) is 12.3 Å². The summed E-state index contributed by atoms with van der Waals surface area (Å²) in [6, 6.07) is 0.762. The number of aliphatic hydroxyl groups is 1. The topological polar surface area (TPSA) is 59.0 Å². The molecular formula is C28H46N4O2. The van der Waals surface area contributed by atoms with Crippen LogP contribution in [0.3, 0.4) is 0 Å². The van der Waals surface area contributed by atoms with Crippen molar-refractivity contribution in [1.82, 2.24) is 20.2 Å². The van der Waals surface area contributed by atoms with Gasteiger partial charge in [-0.2, -0.15) is 0 Å². The number of carbonyl (C=O) groups is 1. The minimum atomic E-state index is -0.646. The van der Waals surface area contributed by atoms with E-state index in [0.717, 1.165) is 87.3 Å². The van der Waals surface area contributed by atoms with E-state index in [1.165, 1.54) is 64.5 Å². The lowest BCUT2D eigenvalue weighted by atomic mass is 9.67. The Morgan fingerprint density at radius 2 is 1.53 bits per heavy atom. The Balaban J connectivity index is 0.960. The molecule has 6 fully saturated rings. The standard InChI is InChI=1S/C28H46N4O2/c1-20(28(34)11-12-28)30-13-15-31(16-14-30)27(33)23-7-5-22(6-8-23)24-9-10-25-18-29-32(26(25)17-24)19-21-3-2-4-21/h21-26,29,34H,1-19H2. The monoisotopic (exact) mass is 470 g/mol. The van der Waals surface area contributed by atoms with Crippen molar-refractivity contribution >= 4 is 5.91 Å². The lowest BCUT2D eigenvalue weighted by Gasteiger charge is -2.43. The van der Waals surface area contributed by atoms with E-state index in [9.17, 15) is 9.90 Å². The van der Waals surface area contributed by atoms with E-state index >= 15 is 0 Å². The number of piperazine rings is 1. The fraction of sp³-hybridized carbons (Fsp3) is 0.893. The maximum atomic E-state index is 13.3. The number of amides is 1. The molecular weight excluding hydrogens is 424 g/mol. The van der Waals surface area contributed by atoms with Crippen LogP contribution in [0.2, 0.25) is 0 Å². The van der Waals surface area contributed by atoms with E-state index in [4.69, 9.17) is 0 Å². The fourth-order valence-corrected chi connectivity index (χ4v) is 7.79. The normalized spacial score (nSPS) is 38.3. The van der Waals surface area contributed by atoms with E-state index < -0.39 is 5.60 Å². The van der Waals surface area contributed by atoms with Crippen LogP contribution in [-0.4, -0.2) is 76.7 Å². The predicted molar refractivity (Wildman–Crippen MR) is 134 cm³/mol. The molecule has 6 aliphatic rings.